The van der Waals surface area contributed by atoms with Crippen molar-refractivity contribution in [2.24, 2.45) is 0 Å². The van der Waals surface area contributed by atoms with Crippen LogP contribution in [0.2, 0.25) is 0 Å². The number of nitriles is 1. The first-order valence-corrected chi connectivity index (χ1v) is 6.52. The maximum absolute atomic E-state index is 11.6. The standard InChI is InChI=1S/C13H12BrNO3/c1-2-18-13(17)9-3-4-10(8-15)11(5-9)6-12(16)7-14/h3-5H,2,6-7H2,1H3. The summed E-state index contributed by atoms with van der Waals surface area (Å²) >= 11 is 3.07. The van der Waals surface area contributed by atoms with Gasteiger partial charge in [0, 0.05) is 6.42 Å². The molecular weight excluding hydrogens is 298 g/mol. The Labute approximate surface area is 114 Å². The Kier molecular flexibility index (Phi) is 5.53. The quantitative estimate of drug-likeness (QED) is 0.618. The van der Waals surface area contributed by atoms with Gasteiger partial charge in [-0.15, -0.1) is 0 Å². The number of Topliss-reactive ketones (excluding diaryl/α,β-unsaturated/α-hetero) is 1. The number of carbonyl (C=O) groups excluding carboxylic acids is 2. The van der Waals surface area contributed by atoms with E-state index in [1.165, 1.54) is 18.2 Å². The second kappa shape index (κ2) is 6.92. The Bertz CT molecular complexity index is 505. The Morgan fingerprint density at radius 2 is 2.17 bits per heavy atom. The topological polar surface area (TPSA) is 67.2 Å². The molecule has 0 saturated carbocycles. The molecular formula is C13H12BrNO3. The highest BCUT2D eigenvalue weighted by Crippen LogP contribution is 2.14. The van der Waals surface area contributed by atoms with Gasteiger partial charge in [-0.25, -0.2) is 4.79 Å². The molecule has 0 unspecified atom stereocenters. The van der Waals surface area contributed by atoms with Crippen LogP contribution in [-0.2, 0) is 16.0 Å². The van der Waals surface area contributed by atoms with Crippen molar-refractivity contribution < 1.29 is 14.3 Å². The van der Waals surface area contributed by atoms with Crippen molar-refractivity contribution in [2.45, 2.75) is 13.3 Å². The number of esters is 1. The molecule has 0 aromatic heterocycles. The molecule has 0 amide bonds. The van der Waals surface area contributed by atoms with Crippen LogP contribution >= 0.6 is 15.9 Å². The Balaban J connectivity index is 3.06. The SMILES string of the molecule is CCOC(=O)c1ccc(C#N)c(CC(=O)CBr)c1. The molecule has 0 N–H and O–H groups in total. The minimum atomic E-state index is -0.450. The molecule has 1 aromatic rings. The van der Waals surface area contributed by atoms with Gasteiger partial charge in [-0.3, -0.25) is 4.79 Å². The van der Waals surface area contributed by atoms with Crippen LogP contribution in [0.5, 0.6) is 0 Å². The Hall–Kier alpha value is -1.67. The van der Waals surface area contributed by atoms with Crippen LogP contribution in [0.4, 0.5) is 0 Å². The largest absolute Gasteiger partial charge is 0.462 e. The van der Waals surface area contributed by atoms with E-state index in [1.54, 1.807) is 6.92 Å². The fourth-order valence-electron chi connectivity index (χ4n) is 1.45. The number of alkyl halides is 1. The fourth-order valence-corrected chi connectivity index (χ4v) is 1.65. The van der Waals surface area contributed by atoms with E-state index in [1.807, 2.05) is 6.07 Å². The van der Waals surface area contributed by atoms with Gasteiger partial charge in [0.2, 0.25) is 0 Å². The van der Waals surface area contributed by atoms with E-state index in [-0.39, 0.29) is 24.1 Å². The summed E-state index contributed by atoms with van der Waals surface area (Å²) in [6.45, 7) is 2.01. The van der Waals surface area contributed by atoms with Gasteiger partial charge in [0.15, 0.2) is 0 Å². The molecule has 0 heterocycles. The molecule has 18 heavy (non-hydrogen) atoms. The van der Waals surface area contributed by atoms with Crippen LogP contribution in [0, 0.1) is 11.3 Å². The third-order valence-electron chi connectivity index (χ3n) is 2.27. The van der Waals surface area contributed by atoms with Crippen molar-refractivity contribution in [3.05, 3.63) is 34.9 Å². The zero-order chi connectivity index (χ0) is 13.5. The van der Waals surface area contributed by atoms with Crippen LogP contribution in [0.1, 0.15) is 28.4 Å². The third-order valence-corrected chi connectivity index (χ3v) is 2.90. The van der Waals surface area contributed by atoms with Crippen LogP contribution in [0.15, 0.2) is 18.2 Å². The number of hydrogen-bond donors (Lipinski definition) is 0. The van der Waals surface area contributed by atoms with Crippen molar-refractivity contribution >= 4 is 27.7 Å². The summed E-state index contributed by atoms with van der Waals surface area (Å²) in [6, 6.07) is 6.60. The minimum Gasteiger partial charge on any atom is -0.462 e. The van der Waals surface area contributed by atoms with E-state index in [2.05, 4.69) is 15.9 Å². The summed E-state index contributed by atoms with van der Waals surface area (Å²) in [6.07, 6.45) is 0.126. The molecule has 5 heteroatoms. The first kappa shape index (κ1) is 14.4. The van der Waals surface area contributed by atoms with Crippen LogP contribution < -0.4 is 0 Å². The second-order valence-corrected chi connectivity index (χ2v) is 4.11. The smallest absolute Gasteiger partial charge is 0.338 e. The van der Waals surface area contributed by atoms with Crippen LogP contribution in [0.3, 0.4) is 0 Å². The van der Waals surface area contributed by atoms with Crippen molar-refractivity contribution in [2.75, 3.05) is 11.9 Å². The fraction of sp³-hybridized carbons (Fsp3) is 0.308. The van der Waals surface area contributed by atoms with Gasteiger partial charge in [-0.2, -0.15) is 5.26 Å². The van der Waals surface area contributed by atoms with E-state index >= 15 is 0 Å². The second-order valence-electron chi connectivity index (χ2n) is 3.55. The summed E-state index contributed by atoms with van der Waals surface area (Å²) < 4.78 is 4.87. The van der Waals surface area contributed by atoms with Gasteiger partial charge in [-0.1, -0.05) is 15.9 Å². The number of benzene rings is 1. The summed E-state index contributed by atoms with van der Waals surface area (Å²) in [5.74, 6) is -0.498. The summed E-state index contributed by atoms with van der Waals surface area (Å²) in [7, 11) is 0. The average molecular weight is 310 g/mol. The van der Waals surface area contributed by atoms with Crippen molar-refractivity contribution in [3.63, 3.8) is 0 Å². The Morgan fingerprint density at radius 1 is 1.44 bits per heavy atom. The number of rotatable bonds is 5. The molecule has 0 aliphatic carbocycles. The number of hydrogen-bond acceptors (Lipinski definition) is 4. The van der Waals surface area contributed by atoms with Crippen LogP contribution in [0.25, 0.3) is 0 Å². The first-order valence-electron chi connectivity index (χ1n) is 5.40. The molecule has 0 saturated heterocycles. The third kappa shape index (κ3) is 3.67. The molecule has 0 spiro atoms. The van der Waals surface area contributed by atoms with E-state index in [4.69, 9.17) is 10.00 Å². The first-order chi connectivity index (χ1) is 8.62. The molecule has 0 radical (unpaired) electrons. The highest BCUT2D eigenvalue weighted by molar-refractivity contribution is 9.09. The van der Waals surface area contributed by atoms with Crippen molar-refractivity contribution in [1.82, 2.24) is 0 Å². The highest BCUT2D eigenvalue weighted by atomic mass is 79.9. The summed E-state index contributed by atoms with van der Waals surface area (Å²) in [4.78, 5) is 22.9. The number of ketones is 1. The minimum absolute atomic E-state index is 0.0486. The molecule has 1 rings (SSSR count). The molecule has 0 bridgehead atoms. The molecule has 4 nitrogen and oxygen atoms in total. The molecule has 0 atom stereocenters. The zero-order valence-corrected chi connectivity index (χ0v) is 11.5. The number of halogens is 1. The maximum atomic E-state index is 11.6. The Morgan fingerprint density at radius 3 is 2.72 bits per heavy atom. The zero-order valence-electron chi connectivity index (χ0n) is 9.90. The van der Waals surface area contributed by atoms with Crippen molar-refractivity contribution in [3.8, 4) is 6.07 Å². The summed E-state index contributed by atoms with van der Waals surface area (Å²) in [5.41, 5.74) is 1.30. The normalized spacial score (nSPS) is 9.61. The van der Waals surface area contributed by atoms with E-state index in [0.717, 1.165) is 0 Å². The molecule has 0 aliphatic rings. The highest BCUT2D eigenvalue weighted by Gasteiger charge is 2.12. The van der Waals surface area contributed by atoms with Gasteiger partial charge < -0.3 is 4.74 Å². The molecule has 94 valence electrons. The van der Waals surface area contributed by atoms with E-state index in [9.17, 15) is 9.59 Å². The maximum Gasteiger partial charge on any atom is 0.338 e. The van der Waals surface area contributed by atoms with Gasteiger partial charge >= 0.3 is 5.97 Å². The predicted octanol–water partition coefficient (Wildman–Crippen LogP) is 2.24. The molecule has 0 aliphatic heterocycles. The van der Waals surface area contributed by atoms with Gasteiger partial charge in [0.05, 0.1) is 29.1 Å². The number of ether oxygens (including phenoxy) is 1. The lowest BCUT2D eigenvalue weighted by Gasteiger charge is -2.06. The van der Waals surface area contributed by atoms with Crippen LogP contribution in [-0.4, -0.2) is 23.7 Å². The predicted molar refractivity (Wildman–Crippen MR) is 69.6 cm³/mol. The average Bonchev–Trinajstić information content (AvgIpc) is 2.38. The van der Waals surface area contributed by atoms with Gasteiger partial charge in [0.25, 0.3) is 0 Å². The molecule has 1 aromatic carbocycles. The lowest BCUT2D eigenvalue weighted by Crippen LogP contribution is -2.09. The van der Waals surface area contributed by atoms with E-state index in [0.29, 0.717) is 16.7 Å². The monoisotopic (exact) mass is 309 g/mol. The molecule has 0 fully saturated rings. The van der Waals surface area contributed by atoms with Crippen molar-refractivity contribution in [1.29, 1.82) is 5.26 Å². The number of nitrogens with zero attached hydrogens (tertiary/aromatic N) is 1. The lowest BCUT2D eigenvalue weighted by atomic mass is 10.0. The van der Waals surface area contributed by atoms with Gasteiger partial charge in [-0.05, 0) is 30.7 Å². The van der Waals surface area contributed by atoms with E-state index < -0.39 is 5.97 Å². The number of carbonyl (C=O) groups is 2. The summed E-state index contributed by atoms with van der Waals surface area (Å²) in [5, 5.41) is 9.17. The lowest BCUT2D eigenvalue weighted by molar-refractivity contribution is -0.115. The van der Waals surface area contributed by atoms with Gasteiger partial charge in [0.1, 0.15) is 5.78 Å².